The fourth-order valence-corrected chi connectivity index (χ4v) is 2.11. The Bertz CT molecular complexity index is 476. The van der Waals surface area contributed by atoms with Crippen LogP contribution in [0.4, 0.5) is 5.82 Å². The molecule has 2 aromatic rings. The van der Waals surface area contributed by atoms with Crippen molar-refractivity contribution in [3.8, 4) is 10.6 Å². The summed E-state index contributed by atoms with van der Waals surface area (Å²) >= 11 is 1.59. The molecule has 78 valence electrons. The lowest BCUT2D eigenvalue weighted by atomic mass is 10.1. The van der Waals surface area contributed by atoms with Crippen molar-refractivity contribution >= 4 is 17.2 Å². The Morgan fingerprint density at radius 1 is 1.27 bits per heavy atom. The first kappa shape index (κ1) is 10.1. The maximum atomic E-state index is 5.29. The van der Waals surface area contributed by atoms with Gasteiger partial charge in [-0.05, 0) is 31.0 Å². The molecule has 4 heteroatoms. The summed E-state index contributed by atoms with van der Waals surface area (Å²) in [4.78, 5) is 4.35. The number of rotatable bonds is 2. The first-order valence-corrected chi connectivity index (χ1v) is 5.58. The van der Waals surface area contributed by atoms with E-state index in [0.29, 0.717) is 5.82 Å². The molecule has 1 aromatic carbocycles. The zero-order valence-electron chi connectivity index (χ0n) is 8.74. The molecule has 0 saturated heterocycles. The molecule has 1 heterocycles. The Morgan fingerprint density at radius 3 is 2.67 bits per heavy atom. The van der Waals surface area contributed by atoms with Crippen LogP contribution in [-0.2, 0) is 0 Å². The van der Waals surface area contributed by atoms with E-state index < -0.39 is 0 Å². The third-order valence-electron chi connectivity index (χ3n) is 2.41. The van der Waals surface area contributed by atoms with Gasteiger partial charge in [-0.2, -0.15) is 0 Å². The topological polar surface area (TPSA) is 50.9 Å². The second-order valence-corrected chi connectivity index (χ2v) is 4.34. The molecule has 0 bridgehead atoms. The number of aromatic nitrogens is 1. The van der Waals surface area contributed by atoms with Crippen LogP contribution in [0.3, 0.4) is 0 Å². The summed E-state index contributed by atoms with van der Waals surface area (Å²) in [6.45, 7) is 4.21. The molecule has 0 aliphatic rings. The molecule has 0 saturated carbocycles. The van der Waals surface area contributed by atoms with Crippen LogP contribution in [0.25, 0.3) is 10.6 Å². The summed E-state index contributed by atoms with van der Waals surface area (Å²) in [5, 5.41) is 2.90. The number of thiazole rings is 1. The minimum Gasteiger partial charge on any atom is -0.308 e. The molecule has 0 fully saturated rings. The molecule has 0 amide bonds. The number of nitrogens with one attached hydrogen (secondary N) is 1. The zero-order chi connectivity index (χ0) is 10.8. The van der Waals surface area contributed by atoms with Gasteiger partial charge in [-0.25, -0.2) is 10.8 Å². The van der Waals surface area contributed by atoms with Crippen molar-refractivity contribution < 1.29 is 0 Å². The normalized spacial score (nSPS) is 10.3. The quantitative estimate of drug-likeness (QED) is 0.603. The van der Waals surface area contributed by atoms with Crippen LogP contribution in [0, 0.1) is 13.8 Å². The molecule has 0 spiro atoms. The van der Waals surface area contributed by atoms with Crippen molar-refractivity contribution in [2.75, 3.05) is 5.43 Å². The van der Waals surface area contributed by atoms with Crippen molar-refractivity contribution in [2.24, 2.45) is 5.84 Å². The van der Waals surface area contributed by atoms with Crippen molar-refractivity contribution in [1.82, 2.24) is 4.98 Å². The number of benzene rings is 1. The Kier molecular flexibility index (Phi) is 2.70. The van der Waals surface area contributed by atoms with Gasteiger partial charge in [-0.15, -0.1) is 11.3 Å². The number of anilines is 1. The SMILES string of the molecule is Cc1ccc(-c2nc(NN)cs2)cc1C. The van der Waals surface area contributed by atoms with Crippen molar-refractivity contribution in [3.63, 3.8) is 0 Å². The van der Waals surface area contributed by atoms with Gasteiger partial charge < -0.3 is 5.43 Å². The van der Waals surface area contributed by atoms with Gasteiger partial charge >= 0.3 is 0 Å². The molecule has 2 rings (SSSR count). The summed E-state index contributed by atoms with van der Waals surface area (Å²) in [6.07, 6.45) is 0. The average Bonchev–Trinajstić information content (AvgIpc) is 2.70. The first-order valence-electron chi connectivity index (χ1n) is 4.70. The maximum Gasteiger partial charge on any atom is 0.151 e. The van der Waals surface area contributed by atoms with E-state index in [-0.39, 0.29) is 0 Å². The van der Waals surface area contributed by atoms with Crippen LogP contribution in [0.15, 0.2) is 23.6 Å². The largest absolute Gasteiger partial charge is 0.308 e. The number of nitrogens with zero attached hydrogens (tertiary/aromatic N) is 1. The van der Waals surface area contributed by atoms with Gasteiger partial charge in [0.15, 0.2) is 5.82 Å². The second-order valence-electron chi connectivity index (χ2n) is 3.48. The highest BCUT2D eigenvalue weighted by molar-refractivity contribution is 7.13. The number of nitrogen functional groups attached to an aromatic ring is 1. The van der Waals surface area contributed by atoms with Crippen LogP contribution in [0.5, 0.6) is 0 Å². The summed E-state index contributed by atoms with van der Waals surface area (Å²) in [5.41, 5.74) is 6.27. The zero-order valence-corrected chi connectivity index (χ0v) is 9.56. The van der Waals surface area contributed by atoms with Gasteiger partial charge in [0, 0.05) is 10.9 Å². The van der Waals surface area contributed by atoms with E-state index in [1.807, 2.05) is 5.38 Å². The molecule has 1 aromatic heterocycles. The van der Waals surface area contributed by atoms with E-state index >= 15 is 0 Å². The number of hydrazine groups is 1. The van der Waals surface area contributed by atoms with Gasteiger partial charge in [0.05, 0.1) is 0 Å². The molecule has 15 heavy (non-hydrogen) atoms. The molecule has 0 aliphatic carbocycles. The monoisotopic (exact) mass is 219 g/mol. The minimum absolute atomic E-state index is 0.716. The number of hydrogen-bond acceptors (Lipinski definition) is 4. The fraction of sp³-hybridized carbons (Fsp3) is 0.182. The van der Waals surface area contributed by atoms with E-state index in [1.54, 1.807) is 11.3 Å². The number of hydrogen-bond donors (Lipinski definition) is 2. The third-order valence-corrected chi connectivity index (χ3v) is 3.30. The van der Waals surface area contributed by atoms with Gasteiger partial charge in [0.2, 0.25) is 0 Å². The lowest BCUT2D eigenvalue weighted by Crippen LogP contribution is -2.06. The van der Waals surface area contributed by atoms with Crippen LogP contribution >= 0.6 is 11.3 Å². The maximum absolute atomic E-state index is 5.29. The van der Waals surface area contributed by atoms with E-state index in [4.69, 9.17) is 5.84 Å². The smallest absolute Gasteiger partial charge is 0.151 e. The van der Waals surface area contributed by atoms with Gasteiger partial charge in [-0.1, -0.05) is 12.1 Å². The van der Waals surface area contributed by atoms with E-state index in [9.17, 15) is 0 Å². The molecule has 0 radical (unpaired) electrons. The lowest BCUT2D eigenvalue weighted by molar-refractivity contribution is 1.27. The molecular weight excluding hydrogens is 206 g/mol. The number of nitrogens with two attached hydrogens (primary N) is 1. The van der Waals surface area contributed by atoms with Crippen LogP contribution in [0.1, 0.15) is 11.1 Å². The number of aryl methyl sites for hydroxylation is 2. The Balaban J connectivity index is 2.40. The van der Waals surface area contributed by atoms with Crippen molar-refractivity contribution in [2.45, 2.75) is 13.8 Å². The molecule has 0 atom stereocenters. The van der Waals surface area contributed by atoms with E-state index in [0.717, 1.165) is 10.6 Å². The highest BCUT2D eigenvalue weighted by Crippen LogP contribution is 2.26. The highest BCUT2D eigenvalue weighted by Gasteiger charge is 2.04. The predicted molar refractivity (Wildman–Crippen MR) is 64.8 cm³/mol. The summed E-state index contributed by atoms with van der Waals surface area (Å²) in [7, 11) is 0. The minimum atomic E-state index is 0.716. The lowest BCUT2D eigenvalue weighted by Gasteiger charge is -2.01. The van der Waals surface area contributed by atoms with Crippen LogP contribution < -0.4 is 11.3 Å². The predicted octanol–water partition coefficient (Wildman–Crippen LogP) is 2.71. The molecule has 0 unspecified atom stereocenters. The van der Waals surface area contributed by atoms with Crippen molar-refractivity contribution in [3.05, 3.63) is 34.7 Å². The van der Waals surface area contributed by atoms with Gasteiger partial charge in [0.25, 0.3) is 0 Å². The van der Waals surface area contributed by atoms with E-state index in [2.05, 4.69) is 42.5 Å². The average molecular weight is 219 g/mol. The van der Waals surface area contributed by atoms with Crippen LogP contribution in [0.2, 0.25) is 0 Å². The summed E-state index contributed by atoms with van der Waals surface area (Å²) in [6, 6.07) is 6.34. The molecule has 3 nitrogen and oxygen atoms in total. The Morgan fingerprint density at radius 2 is 2.07 bits per heavy atom. The summed E-state index contributed by atoms with van der Waals surface area (Å²) < 4.78 is 0. The first-order chi connectivity index (χ1) is 7.20. The summed E-state index contributed by atoms with van der Waals surface area (Å²) in [5.74, 6) is 6.01. The van der Waals surface area contributed by atoms with Crippen molar-refractivity contribution in [1.29, 1.82) is 0 Å². The third kappa shape index (κ3) is 2.00. The van der Waals surface area contributed by atoms with Gasteiger partial charge in [0.1, 0.15) is 5.01 Å². The highest BCUT2D eigenvalue weighted by atomic mass is 32.1. The van der Waals surface area contributed by atoms with Crippen LogP contribution in [-0.4, -0.2) is 4.98 Å². The molecule has 3 N–H and O–H groups in total. The Labute approximate surface area is 92.9 Å². The Hall–Kier alpha value is -1.39. The fourth-order valence-electron chi connectivity index (χ4n) is 1.35. The van der Waals surface area contributed by atoms with E-state index in [1.165, 1.54) is 11.1 Å². The van der Waals surface area contributed by atoms with Gasteiger partial charge in [-0.3, -0.25) is 0 Å². The second kappa shape index (κ2) is 4.00. The molecular formula is C11H13N3S. The molecule has 0 aliphatic heterocycles. The standard InChI is InChI=1S/C11H13N3S/c1-7-3-4-9(5-8(7)2)11-13-10(14-12)6-15-11/h3-6,14H,12H2,1-2H3.